The highest BCUT2D eigenvalue weighted by molar-refractivity contribution is 5.91. The quantitative estimate of drug-likeness (QED) is 0.656. The van der Waals surface area contributed by atoms with E-state index in [0.717, 1.165) is 50.3 Å². The Morgan fingerprint density at radius 1 is 1.19 bits per heavy atom. The minimum atomic E-state index is 0. The van der Waals surface area contributed by atoms with Gasteiger partial charge in [0.1, 0.15) is 12.4 Å². The van der Waals surface area contributed by atoms with Crippen LogP contribution in [0.15, 0.2) is 24.3 Å². The van der Waals surface area contributed by atoms with Crippen molar-refractivity contribution in [3.8, 4) is 5.75 Å². The third kappa shape index (κ3) is 8.12. The second-order valence-corrected chi connectivity index (χ2v) is 6.51. The molecule has 0 aliphatic heterocycles. The van der Waals surface area contributed by atoms with E-state index < -0.39 is 0 Å². The normalized spacial score (nSPS) is 18.8. The van der Waals surface area contributed by atoms with E-state index in [-0.39, 0.29) is 36.8 Å². The van der Waals surface area contributed by atoms with Crippen LogP contribution in [0.4, 0.5) is 5.69 Å². The Balaban J connectivity index is 0.00000312. The molecule has 26 heavy (non-hydrogen) atoms. The number of likely N-dealkylation sites (N-methyl/N-ethyl adjacent to an activating group) is 1. The number of amides is 1. The van der Waals surface area contributed by atoms with E-state index in [4.69, 9.17) is 10.5 Å². The van der Waals surface area contributed by atoms with E-state index in [1.54, 1.807) is 0 Å². The number of carbonyl (C=O) groups is 1. The van der Waals surface area contributed by atoms with E-state index in [9.17, 15) is 4.79 Å². The summed E-state index contributed by atoms with van der Waals surface area (Å²) in [5, 5.41) is 2.95. The van der Waals surface area contributed by atoms with Gasteiger partial charge >= 0.3 is 0 Å². The summed E-state index contributed by atoms with van der Waals surface area (Å²) < 4.78 is 5.75. The SMILES string of the molecule is CCN(CC)CCOc1ccc(NC(=O)C[C@@H]2CCC[C@H]2N)cc1.Cl.Cl. The smallest absolute Gasteiger partial charge is 0.224 e. The summed E-state index contributed by atoms with van der Waals surface area (Å²) in [6.45, 7) is 7.98. The van der Waals surface area contributed by atoms with Crippen LogP contribution in [0.5, 0.6) is 5.75 Å². The molecule has 0 heterocycles. The molecule has 1 amide bonds. The van der Waals surface area contributed by atoms with E-state index in [1.807, 2.05) is 24.3 Å². The fraction of sp³-hybridized carbons (Fsp3) is 0.632. The van der Waals surface area contributed by atoms with Crippen LogP contribution in [0.2, 0.25) is 0 Å². The van der Waals surface area contributed by atoms with Crippen LogP contribution in [0.25, 0.3) is 0 Å². The fourth-order valence-corrected chi connectivity index (χ4v) is 3.24. The van der Waals surface area contributed by atoms with Crippen LogP contribution in [0.1, 0.15) is 39.5 Å². The number of nitrogens with two attached hydrogens (primary N) is 1. The van der Waals surface area contributed by atoms with Gasteiger partial charge in [-0.2, -0.15) is 0 Å². The van der Waals surface area contributed by atoms with Crippen LogP contribution in [-0.4, -0.2) is 43.1 Å². The molecule has 2 atom stereocenters. The molecule has 1 aliphatic rings. The zero-order chi connectivity index (χ0) is 17.4. The highest BCUT2D eigenvalue weighted by Crippen LogP contribution is 2.27. The van der Waals surface area contributed by atoms with Gasteiger partial charge in [0.2, 0.25) is 5.91 Å². The molecule has 1 aromatic rings. The predicted octanol–water partition coefficient (Wildman–Crippen LogP) is 3.71. The zero-order valence-corrected chi connectivity index (χ0v) is 17.4. The van der Waals surface area contributed by atoms with Gasteiger partial charge in [0, 0.05) is 24.7 Å². The molecule has 1 saturated carbocycles. The molecule has 0 bridgehead atoms. The van der Waals surface area contributed by atoms with Crippen molar-refractivity contribution in [1.82, 2.24) is 4.90 Å². The first-order valence-electron chi connectivity index (χ1n) is 9.13. The molecule has 1 aliphatic carbocycles. The zero-order valence-electron chi connectivity index (χ0n) is 15.8. The molecule has 0 spiro atoms. The van der Waals surface area contributed by atoms with Gasteiger partial charge in [-0.3, -0.25) is 4.79 Å². The van der Waals surface area contributed by atoms with E-state index in [1.165, 1.54) is 0 Å². The lowest BCUT2D eigenvalue weighted by molar-refractivity contribution is -0.117. The third-order valence-electron chi connectivity index (χ3n) is 4.87. The van der Waals surface area contributed by atoms with Crippen LogP contribution in [0.3, 0.4) is 0 Å². The van der Waals surface area contributed by atoms with Crippen molar-refractivity contribution in [2.75, 3.05) is 31.6 Å². The lowest BCUT2D eigenvalue weighted by Crippen LogP contribution is -2.28. The van der Waals surface area contributed by atoms with Crippen LogP contribution < -0.4 is 15.8 Å². The topological polar surface area (TPSA) is 67.6 Å². The molecule has 0 unspecified atom stereocenters. The molecular formula is C19H33Cl2N3O2. The van der Waals surface area contributed by atoms with Crippen molar-refractivity contribution in [1.29, 1.82) is 0 Å². The van der Waals surface area contributed by atoms with Crippen molar-refractivity contribution in [3.05, 3.63) is 24.3 Å². The lowest BCUT2D eigenvalue weighted by Gasteiger charge is -2.18. The molecule has 5 nitrogen and oxygen atoms in total. The number of nitrogens with zero attached hydrogens (tertiary/aromatic N) is 1. The monoisotopic (exact) mass is 405 g/mol. The number of benzene rings is 1. The van der Waals surface area contributed by atoms with Gasteiger partial charge in [0.15, 0.2) is 0 Å². The van der Waals surface area contributed by atoms with Gasteiger partial charge in [-0.15, -0.1) is 24.8 Å². The highest BCUT2D eigenvalue weighted by Gasteiger charge is 2.25. The Morgan fingerprint density at radius 2 is 1.85 bits per heavy atom. The maximum absolute atomic E-state index is 12.1. The number of halogens is 2. The molecule has 150 valence electrons. The second-order valence-electron chi connectivity index (χ2n) is 6.51. The first kappa shape index (κ1) is 25.0. The highest BCUT2D eigenvalue weighted by atomic mass is 35.5. The Bertz CT molecular complexity index is 510. The molecule has 1 fully saturated rings. The summed E-state index contributed by atoms with van der Waals surface area (Å²) in [7, 11) is 0. The first-order valence-corrected chi connectivity index (χ1v) is 9.13. The van der Waals surface area contributed by atoms with Crippen molar-refractivity contribution in [3.63, 3.8) is 0 Å². The van der Waals surface area contributed by atoms with Crippen LogP contribution >= 0.6 is 24.8 Å². The lowest BCUT2D eigenvalue weighted by atomic mass is 10.00. The maximum atomic E-state index is 12.1. The molecule has 0 saturated heterocycles. The predicted molar refractivity (Wildman–Crippen MR) is 113 cm³/mol. The number of hydrogen-bond acceptors (Lipinski definition) is 4. The van der Waals surface area contributed by atoms with Gasteiger partial charge in [0.25, 0.3) is 0 Å². The molecule has 7 heteroatoms. The minimum absolute atomic E-state index is 0. The van der Waals surface area contributed by atoms with Gasteiger partial charge < -0.3 is 20.7 Å². The van der Waals surface area contributed by atoms with E-state index in [0.29, 0.717) is 18.9 Å². The third-order valence-corrected chi connectivity index (χ3v) is 4.87. The van der Waals surface area contributed by atoms with E-state index >= 15 is 0 Å². The molecule has 1 aromatic carbocycles. The number of nitrogens with one attached hydrogen (secondary N) is 1. The number of hydrogen-bond donors (Lipinski definition) is 2. The summed E-state index contributed by atoms with van der Waals surface area (Å²) in [5.41, 5.74) is 6.84. The van der Waals surface area contributed by atoms with Crippen molar-refractivity contribution in [2.24, 2.45) is 11.7 Å². The molecule has 0 aromatic heterocycles. The number of carbonyl (C=O) groups excluding carboxylic acids is 1. The number of anilines is 1. The Hall–Kier alpha value is -1.01. The standard InChI is InChI=1S/C19H31N3O2.2ClH/c1-3-22(4-2)12-13-24-17-10-8-16(9-11-17)21-19(23)14-15-6-5-7-18(15)20;;/h8-11,15,18H,3-7,12-14,20H2,1-2H3,(H,21,23);2*1H/t15-,18+;;/m0../s1. The minimum Gasteiger partial charge on any atom is -0.492 e. The summed E-state index contributed by atoms with van der Waals surface area (Å²) in [6.07, 6.45) is 3.76. The Morgan fingerprint density at radius 3 is 2.38 bits per heavy atom. The first-order chi connectivity index (χ1) is 11.6. The Kier molecular flexibility index (Phi) is 12.7. The average Bonchev–Trinajstić information content (AvgIpc) is 2.98. The van der Waals surface area contributed by atoms with Crippen molar-refractivity contribution in [2.45, 2.75) is 45.6 Å². The summed E-state index contributed by atoms with van der Waals surface area (Å²) in [6, 6.07) is 7.76. The number of ether oxygens (including phenoxy) is 1. The Labute approximate surface area is 169 Å². The largest absolute Gasteiger partial charge is 0.492 e. The van der Waals surface area contributed by atoms with Crippen LogP contribution in [0, 0.1) is 5.92 Å². The molecule has 3 N–H and O–H groups in total. The number of rotatable bonds is 9. The van der Waals surface area contributed by atoms with Crippen molar-refractivity contribution >= 4 is 36.4 Å². The summed E-state index contributed by atoms with van der Waals surface area (Å²) >= 11 is 0. The van der Waals surface area contributed by atoms with Crippen molar-refractivity contribution < 1.29 is 9.53 Å². The van der Waals surface area contributed by atoms with Crippen LogP contribution in [-0.2, 0) is 4.79 Å². The van der Waals surface area contributed by atoms with Gasteiger partial charge in [-0.25, -0.2) is 0 Å². The van der Waals surface area contributed by atoms with Gasteiger partial charge in [-0.1, -0.05) is 20.3 Å². The molecular weight excluding hydrogens is 373 g/mol. The molecule has 2 rings (SSSR count). The fourth-order valence-electron chi connectivity index (χ4n) is 3.24. The average molecular weight is 406 g/mol. The maximum Gasteiger partial charge on any atom is 0.224 e. The second kappa shape index (κ2) is 13.2. The van der Waals surface area contributed by atoms with E-state index in [2.05, 4.69) is 24.1 Å². The molecule has 0 radical (unpaired) electrons. The van der Waals surface area contributed by atoms with Gasteiger partial charge in [-0.05, 0) is 56.1 Å². The summed E-state index contributed by atoms with van der Waals surface area (Å²) in [5.74, 6) is 1.21. The van der Waals surface area contributed by atoms with Gasteiger partial charge in [0.05, 0.1) is 0 Å². The summed E-state index contributed by atoms with van der Waals surface area (Å²) in [4.78, 5) is 14.4.